The van der Waals surface area contributed by atoms with Crippen LogP contribution in [-0.2, 0) is 4.79 Å². The van der Waals surface area contributed by atoms with Crippen LogP contribution >= 0.6 is 0 Å². The Bertz CT molecular complexity index is 488. The van der Waals surface area contributed by atoms with E-state index in [2.05, 4.69) is 26.2 Å². The highest BCUT2D eigenvalue weighted by atomic mass is 16.2. The summed E-state index contributed by atoms with van der Waals surface area (Å²) >= 11 is 0. The average Bonchev–Trinajstić information content (AvgIpc) is 2.86. The molecule has 0 aliphatic carbocycles. The predicted molar refractivity (Wildman–Crippen MR) is 93.8 cm³/mol. The standard InChI is InChI=1S/C18H28N4O/c23-18(15-21-10-4-3-5-11-21)20-17-9-8-16(14-19-17)22-12-6-1-2-7-13-22/h8-9,14H,1-7,10-13,15H2,(H,19,20,23). The van der Waals surface area contributed by atoms with E-state index in [1.807, 2.05) is 12.3 Å². The minimum atomic E-state index is 0.0434. The number of carbonyl (C=O) groups excluding carboxylic acids is 1. The van der Waals surface area contributed by atoms with Gasteiger partial charge in [-0.3, -0.25) is 9.69 Å². The Morgan fingerprint density at radius 1 is 0.957 bits per heavy atom. The number of amides is 1. The molecule has 1 N–H and O–H groups in total. The lowest BCUT2D eigenvalue weighted by Crippen LogP contribution is -2.36. The summed E-state index contributed by atoms with van der Waals surface area (Å²) in [7, 11) is 0. The maximum absolute atomic E-state index is 12.1. The summed E-state index contributed by atoms with van der Waals surface area (Å²) in [4.78, 5) is 21.2. The van der Waals surface area contributed by atoms with Crippen molar-refractivity contribution in [1.82, 2.24) is 9.88 Å². The van der Waals surface area contributed by atoms with Gasteiger partial charge in [-0.2, -0.15) is 0 Å². The van der Waals surface area contributed by atoms with Crippen LogP contribution in [0, 0.1) is 0 Å². The minimum absolute atomic E-state index is 0.0434. The van der Waals surface area contributed by atoms with Crippen molar-refractivity contribution in [3.63, 3.8) is 0 Å². The number of piperidine rings is 1. The Balaban J connectivity index is 1.51. The molecule has 0 unspecified atom stereocenters. The third-order valence-corrected chi connectivity index (χ3v) is 4.80. The van der Waals surface area contributed by atoms with E-state index in [4.69, 9.17) is 0 Å². The first kappa shape index (κ1) is 16.2. The molecule has 5 nitrogen and oxygen atoms in total. The zero-order valence-corrected chi connectivity index (χ0v) is 14.0. The normalized spacial score (nSPS) is 20.1. The van der Waals surface area contributed by atoms with Gasteiger partial charge in [0.05, 0.1) is 18.4 Å². The molecule has 0 radical (unpaired) electrons. The van der Waals surface area contributed by atoms with Crippen molar-refractivity contribution in [1.29, 1.82) is 0 Å². The zero-order chi connectivity index (χ0) is 15.9. The fraction of sp³-hybridized carbons (Fsp3) is 0.667. The molecule has 0 saturated carbocycles. The number of likely N-dealkylation sites (tertiary alicyclic amines) is 1. The Kier molecular flexibility index (Phi) is 5.86. The molecule has 0 atom stereocenters. The van der Waals surface area contributed by atoms with E-state index in [1.165, 1.54) is 50.6 Å². The molecule has 0 bridgehead atoms. The number of pyridine rings is 1. The summed E-state index contributed by atoms with van der Waals surface area (Å²) in [6.07, 6.45) is 10.8. The van der Waals surface area contributed by atoms with Crippen LogP contribution in [0.5, 0.6) is 0 Å². The summed E-state index contributed by atoms with van der Waals surface area (Å²) in [5.41, 5.74) is 1.17. The molecular weight excluding hydrogens is 288 g/mol. The SMILES string of the molecule is O=C(CN1CCCCC1)Nc1ccc(N2CCCCCC2)cn1. The molecule has 3 heterocycles. The van der Waals surface area contributed by atoms with E-state index in [-0.39, 0.29) is 5.91 Å². The predicted octanol–water partition coefficient (Wildman–Crippen LogP) is 2.89. The van der Waals surface area contributed by atoms with Crippen LogP contribution in [0.25, 0.3) is 0 Å². The van der Waals surface area contributed by atoms with Crippen LogP contribution < -0.4 is 10.2 Å². The van der Waals surface area contributed by atoms with Gasteiger partial charge in [0.25, 0.3) is 0 Å². The summed E-state index contributed by atoms with van der Waals surface area (Å²) < 4.78 is 0. The van der Waals surface area contributed by atoms with Crippen LogP contribution in [-0.4, -0.2) is 48.5 Å². The second-order valence-corrected chi connectivity index (χ2v) is 6.69. The molecule has 1 amide bonds. The largest absolute Gasteiger partial charge is 0.370 e. The maximum Gasteiger partial charge on any atom is 0.239 e. The summed E-state index contributed by atoms with van der Waals surface area (Å²) in [6, 6.07) is 4.00. The Hall–Kier alpha value is -1.62. The van der Waals surface area contributed by atoms with E-state index in [0.29, 0.717) is 12.4 Å². The van der Waals surface area contributed by atoms with Gasteiger partial charge in [0.15, 0.2) is 0 Å². The quantitative estimate of drug-likeness (QED) is 0.928. The second-order valence-electron chi connectivity index (χ2n) is 6.69. The smallest absolute Gasteiger partial charge is 0.239 e. The first-order chi connectivity index (χ1) is 11.3. The van der Waals surface area contributed by atoms with E-state index in [0.717, 1.165) is 26.2 Å². The maximum atomic E-state index is 12.1. The number of nitrogens with one attached hydrogen (secondary N) is 1. The zero-order valence-electron chi connectivity index (χ0n) is 14.0. The van der Waals surface area contributed by atoms with Crippen LogP contribution in [0.1, 0.15) is 44.9 Å². The molecule has 1 aromatic heterocycles. The number of aromatic nitrogens is 1. The van der Waals surface area contributed by atoms with Gasteiger partial charge < -0.3 is 10.2 Å². The van der Waals surface area contributed by atoms with Gasteiger partial charge in [-0.1, -0.05) is 19.3 Å². The highest BCUT2D eigenvalue weighted by Crippen LogP contribution is 2.19. The van der Waals surface area contributed by atoms with Gasteiger partial charge in [0.1, 0.15) is 5.82 Å². The monoisotopic (exact) mass is 316 g/mol. The number of hydrogen-bond acceptors (Lipinski definition) is 4. The topological polar surface area (TPSA) is 48.5 Å². The third kappa shape index (κ3) is 4.93. The molecule has 5 heteroatoms. The van der Waals surface area contributed by atoms with Gasteiger partial charge in [-0.05, 0) is 50.9 Å². The van der Waals surface area contributed by atoms with Crippen LogP contribution in [0.4, 0.5) is 11.5 Å². The molecule has 2 fully saturated rings. The van der Waals surface area contributed by atoms with E-state index < -0.39 is 0 Å². The molecule has 23 heavy (non-hydrogen) atoms. The number of hydrogen-bond donors (Lipinski definition) is 1. The molecule has 3 rings (SSSR count). The van der Waals surface area contributed by atoms with E-state index >= 15 is 0 Å². The summed E-state index contributed by atoms with van der Waals surface area (Å²) in [5.74, 6) is 0.701. The fourth-order valence-electron chi connectivity index (χ4n) is 3.48. The van der Waals surface area contributed by atoms with E-state index in [1.54, 1.807) is 0 Å². The first-order valence-corrected chi connectivity index (χ1v) is 9.04. The lowest BCUT2D eigenvalue weighted by molar-refractivity contribution is -0.117. The number of rotatable bonds is 4. The molecule has 0 spiro atoms. The Morgan fingerprint density at radius 3 is 2.26 bits per heavy atom. The number of carbonyl (C=O) groups is 1. The van der Waals surface area contributed by atoms with Crippen molar-refractivity contribution in [2.45, 2.75) is 44.9 Å². The molecule has 2 saturated heterocycles. The molecular formula is C18H28N4O. The highest BCUT2D eigenvalue weighted by molar-refractivity contribution is 5.91. The van der Waals surface area contributed by atoms with Crippen molar-refractivity contribution >= 4 is 17.4 Å². The van der Waals surface area contributed by atoms with Gasteiger partial charge in [-0.15, -0.1) is 0 Å². The lowest BCUT2D eigenvalue weighted by atomic mass is 10.1. The summed E-state index contributed by atoms with van der Waals surface area (Å²) in [5, 5.41) is 2.92. The van der Waals surface area contributed by atoms with Crippen LogP contribution in [0.2, 0.25) is 0 Å². The molecule has 2 aliphatic rings. The second kappa shape index (κ2) is 8.29. The fourth-order valence-corrected chi connectivity index (χ4v) is 3.48. The first-order valence-electron chi connectivity index (χ1n) is 9.04. The van der Waals surface area contributed by atoms with Crippen molar-refractivity contribution in [3.8, 4) is 0 Å². The Morgan fingerprint density at radius 2 is 1.61 bits per heavy atom. The van der Waals surface area contributed by atoms with Gasteiger partial charge >= 0.3 is 0 Å². The van der Waals surface area contributed by atoms with Gasteiger partial charge in [0, 0.05) is 13.1 Å². The highest BCUT2D eigenvalue weighted by Gasteiger charge is 2.14. The van der Waals surface area contributed by atoms with Crippen molar-refractivity contribution < 1.29 is 4.79 Å². The summed E-state index contributed by atoms with van der Waals surface area (Å²) in [6.45, 7) is 4.78. The minimum Gasteiger partial charge on any atom is -0.370 e. The Labute approximate surface area is 139 Å². The van der Waals surface area contributed by atoms with E-state index in [9.17, 15) is 4.79 Å². The van der Waals surface area contributed by atoms with Crippen molar-refractivity contribution in [2.24, 2.45) is 0 Å². The van der Waals surface area contributed by atoms with Gasteiger partial charge in [0.2, 0.25) is 5.91 Å². The van der Waals surface area contributed by atoms with Crippen molar-refractivity contribution in [2.75, 3.05) is 42.9 Å². The average molecular weight is 316 g/mol. The van der Waals surface area contributed by atoms with Gasteiger partial charge in [-0.25, -0.2) is 4.98 Å². The lowest BCUT2D eigenvalue weighted by Gasteiger charge is -2.25. The molecule has 126 valence electrons. The molecule has 2 aliphatic heterocycles. The number of anilines is 2. The molecule has 0 aromatic carbocycles. The third-order valence-electron chi connectivity index (χ3n) is 4.80. The molecule has 1 aromatic rings. The van der Waals surface area contributed by atoms with Crippen LogP contribution in [0.3, 0.4) is 0 Å². The number of nitrogens with zero attached hydrogens (tertiary/aromatic N) is 3. The van der Waals surface area contributed by atoms with Crippen molar-refractivity contribution in [3.05, 3.63) is 18.3 Å². The van der Waals surface area contributed by atoms with Crippen LogP contribution in [0.15, 0.2) is 18.3 Å².